The van der Waals surface area contributed by atoms with Gasteiger partial charge in [-0.3, -0.25) is 25.3 Å². The molecule has 2 atom stereocenters. The van der Waals surface area contributed by atoms with Gasteiger partial charge in [0.1, 0.15) is 5.82 Å². The molecule has 8 heteroatoms. The Labute approximate surface area is 174 Å². The molecule has 1 fully saturated rings. The van der Waals surface area contributed by atoms with Crippen molar-refractivity contribution in [1.29, 1.82) is 0 Å². The zero-order valence-corrected chi connectivity index (χ0v) is 17.0. The van der Waals surface area contributed by atoms with Crippen molar-refractivity contribution in [2.45, 2.75) is 26.4 Å². The maximum atomic E-state index is 13.3. The number of carbonyl (C=O) groups is 1. The van der Waals surface area contributed by atoms with Gasteiger partial charge in [0.2, 0.25) is 5.91 Å². The molecule has 1 aliphatic heterocycles. The molecule has 4 rings (SSSR count). The molecule has 2 unspecified atom stereocenters. The number of benzene rings is 1. The molecule has 3 heterocycles. The summed E-state index contributed by atoms with van der Waals surface area (Å²) in [6.07, 6.45) is 1.81. The topological polar surface area (TPSA) is 83.9 Å². The van der Waals surface area contributed by atoms with E-state index in [4.69, 9.17) is 5.10 Å². The first-order valence-electron chi connectivity index (χ1n) is 10.0. The molecule has 156 valence electrons. The summed E-state index contributed by atoms with van der Waals surface area (Å²) in [5.74, 6) is -0.372. The highest BCUT2D eigenvalue weighted by atomic mass is 19.1. The fourth-order valence-corrected chi connectivity index (χ4v) is 3.52. The largest absolute Gasteiger partial charge is 0.354 e. The second-order valence-corrected chi connectivity index (χ2v) is 7.58. The number of amides is 1. The van der Waals surface area contributed by atoms with Gasteiger partial charge in [-0.2, -0.15) is 5.10 Å². The fourth-order valence-electron chi connectivity index (χ4n) is 3.52. The Morgan fingerprint density at radius 1 is 1.23 bits per heavy atom. The van der Waals surface area contributed by atoms with Crippen LogP contribution in [0.1, 0.15) is 12.5 Å². The third-order valence-electron chi connectivity index (χ3n) is 5.31. The van der Waals surface area contributed by atoms with E-state index in [1.54, 1.807) is 12.1 Å². The van der Waals surface area contributed by atoms with Crippen molar-refractivity contribution >= 4 is 5.91 Å². The average molecular weight is 408 g/mol. The number of rotatable bonds is 6. The monoisotopic (exact) mass is 408 g/mol. The van der Waals surface area contributed by atoms with E-state index in [1.165, 1.54) is 12.1 Å². The maximum Gasteiger partial charge on any atom is 0.226 e. The zero-order valence-electron chi connectivity index (χ0n) is 17.0. The fraction of sp³-hybridized carbons (Fsp3) is 0.318. The summed E-state index contributed by atoms with van der Waals surface area (Å²) < 4.78 is 15.1. The molecule has 30 heavy (non-hydrogen) atoms. The highest BCUT2D eigenvalue weighted by molar-refractivity contribution is 5.79. The van der Waals surface area contributed by atoms with Crippen LogP contribution in [-0.4, -0.2) is 39.8 Å². The van der Waals surface area contributed by atoms with E-state index >= 15 is 0 Å². The Morgan fingerprint density at radius 3 is 2.70 bits per heavy atom. The van der Waals surface area contributed by atoms with Crippen LogP contribution in [0.5, 0.6) is 0 Å². The summed E-state index contributed by atoms with van der Waals surface area (Å²) in [6.45, 7) is 5.53. The van der Waals surface area contributed by atoms with E-state index < -0.39 is 0 Å². The molecule has 0 spiro atoms. The molecule has 0 aliphatic carbocycles. The molecule has 3 N–H and O–H groups in total. The summed E-state index contributed by atoms with van der Waals surface area (Å²) >= 11 is 0. The van der Waals surface area contributed by atoms with Crippen LogP contribution in [0.15, 0.2) is 48.7 Å². The molecule has 0 saturated carbocycles. The van der Waals surface area contributed by atoms with Crippen molar-refractivity contribution < 1.29 is 9.18 Å². The van der Waals surface area contributed by atoms with Crippen molar-refractivity contribution in [3.8, 4) is 22.6 Å². The first kappa shape index (κ1) is 20.2. The number of aromatic nitrogens is 3. The van der Waals surface area contributed by atoms with Crippen LogP contribution in [0.2, 0.25) is 0 Å². The van der Waals surface area contributed by atoms with Crippen LogP contribution in [-0.2, 0) is 11.3 Å². The Balaban J connectivity index is 1.54. The van der Waals surface area contributed by atoms with Crippen molar-refractivity contribution in [2.75, 3.05) is 13.1 Å². The Kier molecular flexibility index (Phi) is 5.87. The lowest BCUT2D eigenvalue weighted by Crippen LogP contribution is -2.39. The minimum atomic E-state index is -0.286. The maximum absolute atomic E-state index is 13.3. The van der Waals surface area contributed by atoms with Crippen molar-refractivity contribution in [2.24, 2.45) is 5.92 Å². The summed E-state index contributed by atoms with van der Waals surface area (Å²) in [4.78, 5) is 17.0. The Bertz CT molecular complexity index is 1020. The Morgan fingerprint density at radius 2 is 2.03 bits per heavy atom. The highest BCUT2D eigenvalue weighted by Crippen LogP contribution is 2.25. The highest BCUT2D eigenvalue weighted by Gasteiger charge is 2.29. The smallest absolute Gasteiger partial charge is 0.226 e. The van der Waals surface area contributed by atoms with E-state index in [2.05, 4.69) is 21.2 Å². The predicted molar refractivity (Wildman–Crippen MR) is 113 cm³/mol. The van der Waals surface area contributed by atoms with Gasteiger partial charge in [0.25, 0.3) is 0 Å². The van der Waals surface area contributed by atoms with Gasteiger partial charge in [-0.1, -0.05) is 6.07 Å². The summed E-state index contributed by atoms with van der Waals surface area (Å²) in [6, 6.07) is 12.2. The zero-order chi connectivity index (χ0) is 21.1. The van der Waals surface area contributed by atoms with E-state index in [0.29, 0.717) is 19.6 Å². The summed E-state index contributed by atoms with van der Waals surface area (Å²) in [5.41, 5.74) is 10.3. The SMILES string of the molecule is Cc1ccc(-c2cc(-c3ccc(F)cc3)nn2CCNC(=O)C2CNNC2C)nc1. The van der Waals surface area contributed by atoms with Crippen LogP contribution in [0.25, 0.3) is 22.6 Å². The molecule has 1 amide bonds. The quantitative estimate of drug-likeness (QED) is 0.583. The molecular formula is C22H25FN6O. The van der Waals surface area contributed by atoms with Crippen molar-refractivity contribution in [3.05, 3.63) is 60.0 Å². The first-order chi connectivity index (χ1) is 14.5. The van der Waals surface area contributed by atoms with E-state index in [1.807, 2.05) is 42.9 Å². The summed E-state index contributed by atoms with van der Waals surface area (Å²) in [7, 11) is 0. The van der Waals surface area contributed by atoms with E-state index in [0.717, 1.165) is 28.2 Å². The molecule has 0 radical (unpaired) electrons. The molecule has 1 aliphatic rings. The molecule has 1 aromatic carbocycles. The lowest BCUT2D eigenvalue weighted by molar-refractivity contribution is -0.124. The number of hydrogen-bond acceptors (Lipinski definition) is 5. The lowest BCUT2D eigenvalue weighted by atomic mass is 10.0. The lowest BCUT2D eigenvalue weighted by Gasteiger charge is -2.14. The second kappa shape index (κ2) is 8.73. The number of aryl methyl sites for hydroxylation is 1. The van der Waals surface area contributed by atoms with Crippen LogP contribution in [0, 0.1) is 18.7 Å². The molecule has 2 aromatic heterocycles. The van der Waals surface area contributed by atoms with Gasteiger partial charge in [0.05, 0.1) is 29.5 Å². The number of halogens is 1. The average Bonchev–Trinajstić information content (AvgIpc) is 3.36. The molecule has 7 nitrogen and oxygen atoms in total. The van der Waals surface area contributed by atoms with Gasteiger partial charge in [0, 0.05) is 30.9 Å². The van der Waals surface area contributed by atoms with Gasteiger partial charge >= 0.3 is 0 Å². The minimum Gasteiger partial charge on any atom is -0.354 e. The van der Waals surface area contributed by atoms with Crippen LogP contribution in [0.4, 0.5) is 4.39 Å². The minimum absolute atomic E-state index is 0.0147. The van der Waals surface area contributed by atoms with Crippen LogP contribution >= 0.6 is 0 Å². The number of pyridine rings is 1. The van der Waals surface area contributed by atoms with Crippen LogP contribution < -0.4 is 16.2 Å². The number of hydrazine groups is 1. The van der Waals surface area contributed by atoms with Gasteiger partial charge in [-0.15, -0.1) is 0 Å². The van der Waals surface area contributed by atoms with Gasteiger partial charge < -0.3 is 5.32 Å². The van der Waals surface area contributed by atoms with E-state index in [-0.39, 0.29) is 23.7 Å². The first-order valence-corrected chi connectivity index (χ1v) is 10.0. The van der Waals surface area contributed by atoms with Crippen molar-refractivity contribution in [1.82, 2.24) is 30.9 Å². The number of hydrogen-bond donors (Lipinski definition) is 3. The Hall–Kier alpha value is -3.10. The molecule has 1 saturated heterocycles. The van der Waals surface area contributed by atoms with Gasteiger partial charge in [-0.05, 0) is 55.8 Å². The molecule has 3 aromatic rings. The van der Waals surface area contributed by atoms with Crippen molar-refractivity contribution in [3.63, 3.8) is 0 Å². The van der Waals surface area contributed by atoms with E-state index in [9.17, 15) is 9.18 Å². The second-order valence-electron chi connectivity index (χ2n) is 7.58. The normalized spacial score (nSPS) is 18.5. The third-order valence-corrected chi connectivity index (χ3v) is 5.31. The molecular weight excluding hydrogens is 383 g/mol. The van der Waals surface area contributed by atoms with Crippen LogP contribution in [0.3, 0.4) is 0 Å². The van der Waals surface area contributed by atoms with Gasteiger partial charge in [-0.25, -0.2) is 4.39 Å². The van der Waals surface area contributed by atoms with Gasteiger partial charge in [0.15, 0.2) is 0 Å². The number of carbonyl (C=O) groups excluding carboxylic acids is 1. The third kappa shape index (κ3) is 4.39. The standard InChI is InChI=1S/C22H25FN6O/c1-14-3-8-19(25-12-14)21-11-20(16-4-6-17(23)7-5-16)28-29(21)10-9-24-22(30)18-13-26-27-15(18)2/h3-8,11-12,15,18,26-27H,9-10,13H2,1-2H3,(H,24,30). The summed E-state index contributed by atoms with van der Waals surface area (Å²) in [5, 5.41) is 7.69. The number of nitrogens with one attached hydrogen (secondary N) is 3. The number of nitrogens with zero attached hydrogens (tertiary/aromatic N) is 3. The predicted octanol–water partition coefficient (Wildman–Crippen LogP) is 2.29. The molecule has 0 bridgehead atoms.